The van der Waals surface area contributed by atoms with E-state index in [0.29, 0.717) is 5.04 Å². The van der Waals surface area contributed by atoms with Gasteiger partial charge < -0.3 is 0 Å². The first-order valence-corrected chi connectivity index (χ1v) is 20.7. The van der Waals surface area contributed by atoms with Crippen molar-refractivity contribution in [2.45, 2.75) is 108 Å². The maximum atomic E-state index is 2.76. The van der Waals surface area contributed by atoms with Crippen LogP contribution in [0.2, 0.25) is 46.1 Å². The zero-order chi connectivity index (χ0) is 24.4. The highest BCUT2D eigenvalue weighted by molar-refractivity contribution is 7.24. The predicted octanol–water partition coefficient (Wildman–Crippen LogP) is 8.52. The van der Waals surface area contributed by atoms with Crippen LogP contribution < -0.4 is 10.4 Å². The second-order valence-electron chi connectivity index (χ2n) is 12.6. The van der Waals surface area contributed by atoms with E-state index in [1.54, 1.807) is 10.4 Å². The Labute approximate surface area is 203 Å². The van der Waals surface area contributed by atoms with Crippen LogP contribution in [0.4, 0.5) is 0 Å². The van der Waals surface area contributed by atoms with E-state index in [1.165, 1.54) is 18.1 Å². The summed E-state index contributed by atoms with van der Waals surface area (Å²) >= 11 is 0. The summed E-state index contributed by atoms with van der Waals surface area (Å²) in [6.07, 6.45) is 0. The summed E-state index contributed by atoms with van der Waals surface area (Å²) in [7, 11) is -5.50. The van der Waals surface area contributed by atoms with Gasteiger partial charge in [-0.25, -0.2) is 0 Å². The fourth-order valence-electron chi connectivity index (χ4n) is 6.76. The molecule has 3 heteroatoms. The van der Waals surface area contributed by atoms with Gasteiger partial charge in [0.1, 0.15) is 8.07 Å². The molecule has 0 aromatic heterocycles. The van der Waals surface area contributed by atoms with Crippen LogP contribution in [-0.2, 0) is 0 Å². The first-order valence-electron chi connectivity index (χ1n) is 12.9. The van der Waals surface area contributed by atoms with Gasteiger partial charge in [-0.05, 0) is 14.9 Å². The quantitative estimate of drug-likeness (QED) is 0.331. The van der Waals surface area contributed by atoms with Gasteiger partial charge in [0, 0.05) is 0 Å². The van der Waals surface area contributed by atoms with Crippen LogP contribution in [-0.4, -0.2) is 24.2 Å². The van der Waals surface area contributed by atoms with Crippen molar-refractivity contribution in [3.05, 3.63) is 60.7 Å². The Morgan fingerprint density at radius 1 is 0.594 bits per heavy atom. The Bertz CT molecular complexity index is 788. The monoisotopic (exact) mass is 482 g/mol. The molecular weight excluding hydrogens is 433 g/mol. The highest BCUT2D eigenvalue weighted by Gasteiger charge is 2.65. The van der Waals surface area contributed by atoms with Crippen LogP contribution in [0.1, 0.15) is 62.3 Å². The molecule has 0 bridgehead atoms. The Kier molecular flexibility index (Phi) is 8.33. The molecule has 1 atom stereocenters. The molecular formula is C29H50Si3. The molecule has 1 unspecified atom stereocenters. The average molecular weight is 483 g/mol. The number of benzene rings is 2. The fraction of sp³-hybridized carbons (Fsp3) is 0.586. The topological polar surface area (TPSA) is 0 Å². The third-order valence-electron chi connectivity index (χ3n) is 9.45. The number of hydrogen-bond donors (Lipinski definition) is 0. The first kappa shape index (κ1) is 27.3. The molecule has 178 valence electrons. The van der Waals surface area contributed by atoms with Crippen LogP contribution in [0, 0.1) is 0 Å². The zero-order valence-electron chi connectivity index (χ0n) is 23.0. The smallest absolute Gasteiger partial charge is 0.0692 e. The lowest BCUT2D eigenvalue weighted by Gasteiger charge is -2.62. The SMILES string of the molecule is CC[Si](CC)(CC)C([Si](C)(C)C(C)(C)C)[Si](c1ccccc1)(c1ccccc1)C(C)(C)C. The van der Waals surface area contributed by atoms with E-state index in [1.807, 2.05) is 0 Å². The summed E-state index contributed by atoms with van der Waals surface area (Å²) < 4.78 is 0. The van der Waals surface area contributed by atoms with Gasteiger partial charge in [-0.2, -0.15) is 0 Å². The van der Waals surface area contributed by atoms with Crippen molar-refractivity contribution in [2.75, 3.05) is 0 Å². The van der Waals surface area contributed by atoms with Gasteiger partial charge in [-0.15, -0.1) is 0 Å². The largest absolute Gasteiger partial charge is 0.121 e. The van der Waals surface area contributed by atoms with Crippen LogP contribution in [0.15, 0.2) is 60.7 Å². The van der Waals surface area contributed by atoms with Crippen molar-refractivity contribution in [1.82, 2.24) is 0 Å². The molecule has 0 spiro atoms. The molecule has 2 aromatic carbocycles. The summed E-state index contributed by atoms with van der Waals surface area (Å²) in [5.74, 6) is 0. The molecule has 0 saturated heterocycles. The molecule has 0 saturated carbocycles. The van der Waals surface area contributed by atoms with E-state index >= 15 is 0 Å². The number of rotatable bonds is 8. The van der Waals surface area contributed by atoms with Crippen LogP contribution >= 0.6 is 0 Å². The van der Waals surface area contributed by atoms with Gasteiger partial charge in [0.2, 0.25) is 0 Å². The van der Waals surface area contributed by atoms with Crippen LogP contribution in [0.3, 0.4) is 0 Å². The zero-order valence-corrected chi connectivity index (χ0v) is 26.0. The molecule has 0 N–H and O–H groups in total. The third-order valence-corrected chi connectivity index (χ3v) is 36.5. The molecule has 2 aromatic rings. The van der Waals surface area contributed by atoms with E-state index in [4.69, 9.17) is 0 Å². The van der Waals surface area contributed by atoms with Gasteiger partial charge in [-0.1, -0.05) is 165 Å². The molecule has 0 aliphatic carbocycles. The Balaban J connectivity index is 3.20. The normalized spacial score (nSPS) is 15.0. The highest BCUT2D eigenvalue weighted by atomic mass is 28.5. The summed E-state index contributed by atoms with van der Waals surface area (Å²) in [5.41, 5.74) is 0. The lowest BCUT2D eigenvalue weighted by Crippen LogP contribution is -2.77. The lowest BCUT2D eigenvalue weighted by atomic mass is 10.2. The minimum absolute atomic E-state index is 0.230. The molecule has 0 amide bonds. The molecule has 0 heterocycles. The van der Waals surface area contributed by atoms with Gasteiger partial charge in [0.05, 0.1) is 16.1 Å². The Morgan fingerprint density at radius 2 is 0.938 bits per heavy atom. The molecule has 0 fully saturated rings. The average Bonchev–Trinajstić information content (AvgIpc) is 2.74. The van der Waals surface area contributed by atoms with Crippen LogP contribution in [0.5, 0.6) is 0 Å². The third kappa shape index (κ3) is 4.42. The van der Waals surface area contributed by atoms with Gasteiger partial charge in [0.25, 0.3) is 0 Å². The van der Waals surface area contributed by atoms with Crippen molar-refractivity contribution in [1.29, 1.82) is 0 Å². The van der Waals surface area contributed by atoms with Gasteiger partial charge in [-0.3, -0.25) is 0 Å². The van der Waals surface area contributed by atoms with Crippen molar-refractivity contribution < 1.29 is 0 Å². The Hall–Kier alpha value is -0.909. The van der Waals surface area contributed by atoms with Gasteiger partial charge in [0.15, 0.2) is 0 Å². The van der Waals surface area contributed by atoms with Crippen molar-refractivity contribution in [3.63, 3.8) is 0 Å². The van der Waals surface area contributed by atoms with Crippen LogP contribution in [0.25, 0.3) is 0 Å². The molecule has 0 nitrogen and oxygen atoms in total. The lowest BCUT2D eigenvalue weighted by molar-refractivity contribution is 0.698. The summed E-state index contributed by atoms with van der Waals surface area (Å²) in [6.45, 7) is 28.6. The van der Waals surface area contributed by atoms with Crippen molar-refractivity contribution >= 4 is 34.6 Å². The maximum absolute atomic E-state index is 2.76. The van der Waals surface area contributed by atoms with E-state index < -0.39 is 24.2 Å². The maximum Gasteiger partial charge on any atom is 0.121 e. The molecule has 0 aliphatic heterocycles. The fourth-order valence-corrected chi connectivity index (χ4v) is 40.4. The Morgan fingerprint density at radius 3 is 1.19 bits per heavy atom. The van der Waals surface area contributed by atoms with E-state index in [-0.39, 0.29) is 5.04 Å². The van der Waals surface area contributed by atoms with Gasteiger partial charge >= 0.3 is 0 Å². The van der Waals surface area contributed by atoms with E-state index in [2.05, 4.69) is 136 Å². The van der Waals surface area contributed by atoms with E-state index in [9.17, 15) is 0 Å². The minimum Gasteiger partial charge on any atom is -0.0692 e. The second-order valence-corrected chi connectivity index (χ2v) is 30.1. The summed E-state index contributed by atoms with van der Waals surface area (Å²) in [4.78, 5) is 0.868. The predicted molar refractivity (Wildman–Crippen MR) is 156 cm³/mol. The second kappa shape index (κ2) is 9.76. The number of hydrogen-bond acceptors (Lipinski definition) is 0. The standard InChI is InChI=1S/C29H50Si3/c1-12-31(13-2,14-3)27(30(10,11)28(4,5)6)32(29(7,8)9,25-21-17-15-18-22-25)26-23-19-16-20-24-26/h15-24,27H,12-14H2,1-11H3. The first-order chi connectivity index (χ1) is 14.8. The molecule has 0 aliphatic rings. The summed E-state index contributed by atoms with van der Waals surface area (Å²) in [5, 5.41) is 3.93. The molecule has 0 radical (unpaired) electrons. The summed E-state index contributed by atoms with van der Waals surface area (Å²) in [6, 6.07) is 27.9. The molecule has 2 rings (SSSR count). The van der Waals surface area contributed by atoms with Crippen molar-refractivity contribution in [3.8, 4) is 0 Å². The highest BCUT2D eigenvalue weighted by Crippen LogP contribution is 2.58. The minimum atomic E-state index is -2.20. The molecule has 32 heavy (non-hydrogen) atoms. The van der Waals surface area contributed by atoms with Crippen molar-refractivity contribution in [2.24, 2.45) is 0 Å². The van der Waals surface area contributed by atoms with E-state index in [0.717, 1.165) is 4.79 Å².